The van der Waals surface area contributed by atoms with Crippen LogP contribution in [0.4, 0.5) is 17.6 Å². The number of alkyl halides is 3. The molecule has 1 N–H and O–H groups in total. The van der Waals surface area contributed by atoms with Gasteiger partial charge in [-0.25, -0.2) is 4.39 Å². The molecule has 4 rings (SSSR count). The number of aromatic nitrogens is 1. The molecule has 0 radical (unpaired) electrons. The Morgan fingerprint density at radius 1 is 1.03 bits per heavy atom. The molecule has 0 bridgehead atoms. The van der Waals surface area contributed by atoms with Gasteiger partial charge in [-0.3, -0.25) is 9.69 Å². The Morgan fingerprint density at radius 3 is 2.43 bits per heavy atom. The van der Waals surface area contributed by atoms with Crippen LogP contribution in [0.2, 0.25) is 5.02 Å². The standard InChI is InChI=1S/C21H18ClF4N3O/c22-15-2-4-18-14(10-15)11-19(27-18)20(30)29-7-5-28(6-8-29)12-13-1-3-16(17(23)9-13)21(24,25)26/h1-4,9-11,27H,5-8,12H2. The summed E-state index contributed by atoms with van der Waals surface area (Å²) in [5, 5.41) is 1.45. The maximum Gasteiger partial charge on any atom is 0.419 e. The number of hydrogen-bond acceptors (Lipinski definition) is 2. The Labute approximate surface area is 175 Å². The number of hydrogen-bond donors (Lipinski definition) is 1. The number of carbonyl (C=O) groups excluding carboxylic acids is 1. The minimum Gasteiger partial charge on any atom is -0.351 e. The highest BCUT2D eigenvalue weighted by Gasteiger charge is 2.34. The van der Waals surface area contributed by atoms with Crippen LogP contribution in [0, 0.1) is 5.82 Å². The molecular weight excluding hydrogens is 422 g/mol. The molecular formula is C21H18ClF4N3O. The number of piperazine rings is 1. The van der Waals surface area contributed by atoms with E-state index in [9.17, 15) is 22.4 Å². The van der Waals surface area contributed by atoms with E-state index < -0.39 is 17.6 Å². The normalized spacial score (nSPS) is 15.7. The van der Waals surface area contributed by atoms with Gasteiger partial charge >= 0.3 is 6.18 Å². The quantitative estimate of drug-likeness (QED) is 0.587. The van der Waals surface area contributed by atoms with Gasteiger partial charge in [-0.2, -0.15) is 13.2 Å². The highest BCUT2D eigenvalue weighted by atomic mass is 35.5. The molecule has 158 valence electrons. The topological polar surface area (TPSA) is 39.3 Å². The first kappa shape index (κ1) is 20.7. The number of H-pyrrole nitrogens is 1. The fourth-order valence-corrected chi connectivity index (χ4v) is 3.82. The van der Waals surface area contributed by atoms with Gasteiger partial charge in [-0.1, -0.05) is 17.7 Å². The van der Waals surface area contributed by atoms with E-state index in [1.807, 2.05) is 11.0 Å². The summed E-state index contributed by atoms with van der Waals surface area (Å²) in [7, 11) is 0. The summed E-state index contributed by atoms with van der Waals surface area (Å²) in [6, 6.07) is 10.1. The Kier molecular flexibility index (Phi) is 5.46. The third-order valence-electron chi connectivity index (χ3n) is 5.22. The lowest BCUT2D eigenvalue weighted by Gasteiger charge is -2.34. The maximum atomic E-state index is 13.8. The van der Waals surface area contributed by atoms with Crippen LogP contribution in [0.25, 0.3) is 10.9 Å². The summed E-state index contributed by atoms with van der Waals surface area (Å²) in [4.78, 5) is 19.6. The third kappa shape index (κ3) is 4.29. The highest BCUT2D eigenvalue weighted by molar-refractivity contribution is 6.31. The van der Waals surface area contributed by atoms with Gasteiger partial charge in [0.25, 0.3) is 5.91 Å². The first-order valence-corrected chi connectivity index (χ1v) is 9.74. The summed E-state index contributed by atoms with van der Waals surface area (Å²) in [6.07, 6.45) is -4.71. The fraction of sp³-hybridized carbons (Fsp3) is 0.286. The van der Waals surface area contributed by atoms with Crippen LogP contribution in [-0.2, 0) is 12.7 Å². The van der Waals surface area contributed by atoms with Crippen molar-refractivity contribution < 1.29 is 22.4 Å². The van der Waals surface area contributed by atoms with Crippen molar-refractivity contribution in [1.82, 2.24) is 14.8 Å². The summed E-state index contributed by atoms with van der Waals surface area (Å²) < 4.78 is 51.8. The predicted octanol–water partition coefficient (Wildman–Crippen LogP) is 4.94. The lowest BCUT2D eigenvalue weighted by molar-refractivity contribution is -0.140. The molecule has 9 heteroatoms. The molecule has 2 aromatic carbocycles. The molecule has 4 nitrogen and oxygen atoms in total. The van der Waals surface area contributed by atoms with Crippen molar-refractivity contribution in [3.63, 3.8) is 0 Å². The first-order chi connectivity index (χ1) is 14.2. The van der Waals surface area contributed by atoms with Gasteiger partial charge in [-0.05, 0) is 42.0 Å². The van der Waals surface area contributed by atoms with Crippen molar-refractivity contribution in [2.24, 2.45) is 0 Å². The van der Waals surface area contributed by atoms with Gasteiger partial charge in [0.1, 0.15) is 11.5 Å². The van der Waals surface area contributed by atoms with E-state index in [0.717, 1.165) is 23.0 Å². The predicted molar refractivity (Wildman–Crippen MR) is 106 cm³/mol. The van der Waals surface area contributed by atoms with Gasteiger partial charge in [0, 0.05) is 48.6 Å². The minimum absolute atomic E-state index is 0.123. The molecule has 1 saturated heterocycles. The zero-order valence-corrected chi connectivity index (χ0v) is 16.5. The lowest BCUT2D eigenvalue weighted by atomic mass is 10.1. The number of aromatic amines is 1. The smallest absolute Gasteiger partial charge is 0.351 e. The zero-order chi connectivity index (χ0) is 21.5. The zero-order valence-electron chi connectivity index (χ0n) is 15.8. The molecule has 1 amide bonds. The molecule has 0 unspecified atom stereocenters. The van der Waals surface area contributed by atoms with Crippen LogP contribution in [-0.4, -0.2) is 46.9 Å². The van der Waals surface area contributed by atoms with E-state index in [4.69, 9.17) is 11.6 Å². The minimum atomic E-state index is -4.71. The van der Waals surface area contributed by atoms with Crippen molar-refractivity contribution in [2.45, 2.75) is 12.7 Å². The SMILES string of the molecule is O=C(c1cc2cc(Cl)ccc2[nH]1)N1CCN(Cc2ccc(C(F)(F)F)c(F)c2)CC1. The number of nitrogens with one attached hydrogen (secondary N) is 1. The molecule has 2 heterocycles. The van der Waals surface area contributed by atoms with Crippen molar-refractivity contribution in [3.05, 3.63) is 70.1 Å². The summed E-state index contributed by atoms with van der Waals surface area (Å²) in [5.74, 6) is -1.39. The number of carbonyl (C=O) groups is 1. The number of halogens is 5. The number of rotatable bonds is 3. The first-order valence-electron chi connectivity index (χ1n) is 9.36. The summed E-state index contributed by atoms with van der Waals surface area (Å²) >= 11 is 5.99. The van der Waals surface area contributed by atoms with Crippen LogP contribution < -0.4 is 0 Å². The van der Waals surface area contributed by atoms with Gasteiger partial charge < -0.3 is 9.88 Å². The molecule has 30 heavy (non-hydrogen) atoms. The van der Waals surface area contributed by atoms with Crippen molar-refractivity contribution in [3.8, 4) is 0 Å². The van der Waals surface area contributed by atoms with Crippen LogP contribution in [0.1, 0.15) is 21.6 Å². The second-order valence-corrected chi connectivity index (χ2v) is 7.73. The Balaban J connectivity index is 1.37. The number of nitrogens with zero attached hydrogens (tertiary/aromatic N) is 2. The molecule has 3 aromatic rings. The van der Waals surface area contributed by atoms with Gasteiger partial charge in [-0.15, -0.1) is 0 Å². The number of fused-ring (bicyclic) bond motifs is 1. The molecule has 1 fully saturated rings. The summed E-state index contributed by atoms with van der Waals surface area (Å²) in [5.41, 5.74) is 0.505. The van der Waals surface area contributed by atoms with Gasteiger partial charge in [0.2, 0.25) is 0 Å². The largest absolute Gasteiger partial charge is 0.419 e. The maximum absolute atomic E-state index is 13.8. The van der Waals surface area contributed by atoms with Crippen LogP contribution in [0.3, 0.4) is 0 Å². The van der Waals surface area contributed by atoms with E-state index >= 15 is 0 Å². The molecule has 0 aliphatic carbocycles. The molecule has 0 saturated carbocycles. The molecule has 1 aliphatic rings. The second kappa shape index (κ2) is 7.92. The Hall–Kier alpha value is -2.58. The average Bonchev–Trinajstić information content (AvgIpc) is 3.10. The van der Waals surface area contributed by atoms with Gasteiger partial charge in [0.05, 0.1) is 5.56 Å². The fourth-order valence-electron chi connectivity index (χ4n) is 3.64. The van der Waals surface area contributed by atoms with Gasteiger partial charge in [0.15, 0.2) is 0 Å². The second-order valence-electron chi connectivity index (χ2n) is 7.29. The van der Waals surface area contributed by atoms with E-state index in [-0.39, 0.29) is 5.91 Å². The third-order valence-corrected chi connectivity index (χ3v) is 5.45. The lowest BCUT2D eigenvalue weighted by Crippen LogP contribution is -2.48. The van der Waals surface area contributed by atoms with Crippen molar-refractivity contribution >= 4 is 28.4 Å². The number of amides is 1. The molecule has 1 aliphatic heterocycles. The van der Waals surface area contributed by atoms with Crippen LogP contribution in [0.15, 0.2) is 42.5 Å². The van der Waals surface area contributed by atoms with E-state index in [0.29, 0.717) is 49.0 Å². The Morgan fingerprint density at radius 2 is 1.77 bits per heavy atom. The molecule has 0 atom stereocenters. The highest BCUT2D eigenvalue weighted by Crippen LogP contribution is 2.31. The monoisotopic (exact) mass is 439 g/mol. The van der Waals surface area contributed by atoms with Crippen molar-refractivity contribution in [2.75, 3.05) is 26.2 Å². The van der Waals surface area contributed by atoms with E-state index in [2.05, 4.69) is 4.98 Å². The van der Waals surface area contributed by atoms with Crippen LogP contribution in [0.5, 0.6) is 0 Å². The van der Waals surface area contributed by atoms with Crippen molar-refractivity contribution in [1.29, 1.82) is 0 Å². The van der Waals surface area contributed by atoms with E-state index in [1.165, 1.54) is 6.07 Å². The summed E-state index contributed by atoms with van der Waals surface area (Å²) in [6.45, 7) is 2.35. The molecule has 0 spiro atoms. The van der Waals surface area contributed by atoms with Crippen LogP contribution >= 0.6 is 11.6 Å². The molecule has 1 aromatic heterocycles. The van der Waals surface area contributed by atoms with E-state index in [1.54, 1.807) is 23.1 Å². The Bertz CT molecular complexity index is 1090. The number of benzene rings is 2. The average molecular weight is 440 g/mol.